The Morgan fingerprint density at radius 2 is 2.27 bits per heavy atom. The van der Waals surface area contributed by atoms with Crippen molar-refractivity contribution in [3.05, 3.63) is 0 Å². The lowest BCUT2D eigenvalue weighted by Crippen LogP contribution is -2.48. The summed E-state index contributed by atoms with van der Waals surface area (Å²) in [6, 6.07) is 0. The van der Waals surface area contributed by atoms with E-state index in [9.17, 15) is 0 Å². The molecule has 0 aromatic heterocycles. The van der Waals surface area contributed by atoms with Crippen LogP contribution in [0.5, 0.6) is 0 Å². The van der Waals surface area contributed by atoms with E-state index < -0.39 is 12.3 Å². The van der Waals surface area contributed by atoms with Crippen LogP contribution in [0.3, 0.4) is 0 Å². The van der Waals surface area contributed by atoms with Crippen molar-refractivity contribution >= 4 is 6.34 Å². The smallest absolute Gasteiger partial charge is 0.154 e. The second kappa shape index (κ2) is 3.14. The maximum Gasteiger partial charge on any atom is 0.154 e. The van der Waals surface area contributed by atoms with Crippen molar-refractivity contribution in [2.24, 2.45) is 4.99 Å². The first-order valence-corrected chi connectivity index (χ1v) is 3.23. The van der Waals surface area contributed by atoms with Crippen molar-refractivity contribution in [3.8, 4) is 0 Å². The van der Waals surface area contributed by atoms with Gasteiger partial charge >= 0.3 is 0 Å². The molecule has 0 radical (unpaired) electrons. The highest BCUT2D eigenvalue weighted by molar-refractivity contribution is 5.54. The van der Waals surface area contributed by atoms with Crippen LogP contribution < -0.4 is 0 Å². The van der Waals surface area contributed by atoms with Gasteiger partial charge in [0.2, 0.25) is 0 Å². The van der Waals surface area contributed by atoms with Crippen LogP contribution in [-0.4, -0.2) is 50.9 Å². The average molecular weight is 161 g/mol. The predicted octanol–water partition coefficient (Wildman–Crippen LogP) is -0.925. The van der Waals surface area contributed by atoms with E-state index in [4.69, 9.17) is 15.5 Å². The van der Waals surface area contributed by atoms with E-state index in [1.165, 1.54) is 6.92 Å². The van der Waals surface area contributed by atoms with E-state index in [0.717, 1.165) is 16.5 Å². The van der Waals surface area contributed by atoms with E-state index in [-0.39, 0.29) is 6.67 Å². The first-order chi connectivity index (χ1) is 5.11. The SMILES string of the molecule is CC(O)C1N=CN(O)CN1O. The fourth-order valence-corrected chi connectivity index (χ4v) is 0.864. The monoisotopic (exact) mass is 161 g/mol. The maximum absolute atomic E-state index is 9.07. The molecule has 0 spiro atoms. The first-order valence-electron chi connectivity index (χ1n) is 3.23. The summed E-state index contributed by atoms with van der Waals surface area (Å²) in [4.78, 5) is 3.67. The van der Waals surface area contributed by atoms with Crippen molar-refractivity contribution in [1.82, 2.24) is 10.1 Å². The zero-order valence-corrected chi connectivity index (χ0v) is 6.12. The van der Waals surface area contributed by atoms with Crippen LogP contribution in [0.25, 0.3) is 0 Å². The van der Waals surface area contributed by atoms with Gasteiger partial charge in [0, 0.05) is 0 Å². The Morgan fingerprint density at radius 1 is 1.64 bits per heavy atom. The van der Waals surface area contributed by atoms with Gasteiger partial charge in [-0.25, -0.2) is 10.1 Å². The van der Waals surface area contributed by atoms with Gasteiger partial charge in [0.05, 0.1) is 6.10 Å². The molecule has 0 aliphatic carbocycles. The van der Waals surface area contributed by atoms with E-state index in [1.54, 1.807) is 0 Å². The quantitative estimate of drug-likeness (QED) is 0.463. The molecule has 3 N–H and O–H groups in total. The zero-order chi connectivity index (χ0) is 8.43. The summed E-state index contributed by atoms with van der Waals surface area (Å²) in [5.41, 5.74) is 0. The normalized spacial score (nSPS) is 29.1. The van der Waals surface area contributed by atoms with Gasteiger partial charge in [0.25, 0.3) is 0 Å². The number of hydroxylamine groups is 4. The van der Waals surface area contributed by atoms with Crippen LogP contribution in [-0.2, 0) is 0 Å². The molecule has 0 aromatic carbocycles. The van der Waals surface area contributed by atoms with Gasteiger partial charge in [-0.3, -0.25) is 5.21 Å². The molecule has 0 bridgehead atoms. The lowest BCUT2D eigenvalue weighted by Gasteiger charge is -2.30. The Kier molecular flexibility index (Phi) is 2.40. The highest BCUT2D eigenvalue weighted by Gasteiger charge is 2.24. The molecule has 1 rings (SSSR count). The van der Waals surface area contributed by atoms with Crippen LogP contribution in [0.15, 0.2) is 4.99 Å². The molecule has 0 fully saturated rings. The van der Waals surface area contributed by atoms with Crippen LogP contribution in [0.2, 0.25) is 0 Å². The molecule has 64 valence electrons. The third-order valence-corrected chi connectivity index (χ3v) is 1.38. The van der Waals surface area contributed by atoms with Crippen molar-refractivity contribution in [2.45, 2.75) is 19.2 Å². The van der Waals surface area contributed by atoms with Crippen LogP contribution in [0.1, 0.15) is 6.92 Å². The number of aliphatic hydroxyl groups excluding tert-OH is 1. The molecule has 11 heavy (non-hydrogen) atoms. The van der Waals surface area contributed by atoms with Crippen molar-refractivity contribution in [1.29, 1.82) is 0 Å². The number of hydrogen-bond acceptors (Lipinski definition) is 6. The van der Waals surface area contributed by atoms with E-state index in [0.29, 0.717) is 0 Å². The molecule has 6 nitrogen and oxygen atoms in total. The maximum atomic E-state index is 9.07. The molecule has 0 saturated carbocycles. The number of rotatable bonds is 1. The summed E-state index contributed by atoms with van der Waals surface area (Å²) < 4.78 is 0. The second-order valence-electron chi connectivity index (χ2n) is 2.44. The van der Waals surface area contributed by atoms with Gasteiger partial charge < -0.3 is 10.3 Å². The minimum absolute atomic E-state index is 0.0704. The van der Waals surface area contributed by atoms with E-state index >= 15 is 0 Å². The summed E-state index contributed by atoms with van der Waals surface area (Å²) in [6.07, 6.45) is -0.284. The molecule has 0 aromatic rings. The largest absolute Gasteiger partial charge is 0.390 e. The fraction of sp³-hybridized carbons (Fsp3) is 0.800. The molecule has 1 heterocycles. The highest BCUT2D eigenvalue weighted by atomic mass is 16.5. The second-order valence-corrected chi connectivity index (χ2v) is 2.44. The fourth-order valence-electron chi connectivity index (χ4n) is 0.864. The Balaban J connectivity index is 2.61. The molecule has 1 aliphatic rings. The number of nitrogens with zero attached hydrogens (tertiary/aromatic N) is 3. The van der Waals surface area contributed by atoms with Crippen molar-refractivity contribution in [3.63, 3.8) is 0 Å². The number of aliphatic hydroxyl groups is 1. The van der Waals surface area contributed by atoms with Crippen LogP contribution in [0.4, 0.5) is 0 Å². The van der Waals surface area contributed by atoms with Crippen molar-refractivity contribution in [2.75, 3.05) is 6.67 Å². The molecule has 0 saturated heterocycles. The summed E-state index contributed by atoms with van der Waals surface area (Å²) >= 11 is 0. The summed E-state index contributed by atoms with van der Waals surface area (Å²) in [5, 5.41) is 28.3. The molecular formula is C5H11N3O3. The summed E-state index contributed by atoms with van der Waals surface area (Å²) in [6.45, 7) is 1.44. The molecule has 1 aliphatic heterocycles. The van der Waals surface area contributed by atoms with Gasteiger partial charge in [-0.2, -0.15) is 0 Å². The van der Waals surface area contributed by atoms with Gasteiger partial charge in [-0.15, -0.1) is 5.06 Å². The van der Waals surface area contributed by atoms with Gasteiger partial charge in [0.1, 0.15) is 13.0 Å². The minimum Gasteiger partial charge on any atom is -0.390 e. The third-order valence-electron chi connectivity index (χ3n) is 1.38. The Bertz CT molecular complexity index is 161. The van der Waals surface area contributed by atoms with Crippen molar-refractivity contribution < 1.29 is 15.5 Å². The number of hydrogen-bond donors (Lipinski definition) is 3. The molecule has 0 amide bonds. The molecule has 2 atom stereocenters. The van der Waals surface area contributed by atoms with Crippen LogP contribution in [0, 0.1) is 0 Å². The van der Waals surface area contributed by atoms with Gasteiger partial charge in [-0.1, -0.05) is 0 Å². The zero-order valence-electron chi connectivity index (χ0n) is 6.12. The minimum atomic E-state index is -0.759. The highest BCUT2D eigenvalue weighted by Crippen LogP contribution is 2.07. The Morgan fingerprint density at radius 3 is 2.73 bits per heavy atom. The lowest BCUT2D eigenvalue weighted by atomic mass is 10.3. The standard InChI is InChI=1S/C5H11N3O3/c1-4(9)5-6-2-7(10)3-8(5)11/h2,4-5,9-11H,3H2,1H3. The molecule has 2 unspecified atom stereocenters. The topological polar surface area (TPSA) is 79.5 Å². The third kappa shape index (κ3) is 1.87. The van der Waals surface area contributed by atoms with Gasteiger partial charge in [-0.05, 0) is 6.92 Å². The molecular weight excluding hydrogens is 150 g/mol. The van der Waals surface area contributed by atoms with E-state index in [1.807, 2.05) is 0 Å². The summed E-state index contributed by atoms with van der Waals surface area (Å²) in [7, 11) is 0. The summed E-state index contributed by atoms with van der Waals surface area (Å²) in [5.74, 6) is 0. The predicted molar refractivity (Wildman–Crippen MR) is 36.1 cm³/mol. The van der Waals surface area contributed by atoms with Crippen LogP contribution >= 0.6 is 0 Å². The lowest BCUT2D eigenvalue weighted by molar-refractivity contribution is -0.214. The number of aliphatic imine (C=N–C) groups is 1. The van der Waals surface area contributed by atoms with Gasteiger partial charge in [0.15, 0.2) is 6.17 Å². The Labute approximate surface area is 63.9 Å². The first kappa shape index (κ1) is 8.41. The Hall–Kier alpha value is -0.690. The average Bonchev–Trinajstić information content (AvgIpc) is 1.85. The van der Waals surface area contributed by atoms with E-state index in [2.05, 4.69) is 4.99 Å². The molecule has 6 heteroatoms.